The van der Waals surface area contributed by atoms with E-state index in [0.717, 1.165) is 17.0 Å². The molecule has 0 spiro atoms. The lowest BCUT2D eigenvalue weighted by Crippen LogP contribution is -2.27. The van der Waals surface area contributed by atoms with E-state index in [1.165, 1.54) is 25.7 Å². The number of amides is 1. The van der Waals surface area contributed by atoms with E-state index in [0.29, 0.717) is 31.2 Å². The van der Waals surface area contributed by atoms with Crippen molar-refractivity contribution < 1.29 is 13.9 Å². The number of carbonyl (C=O) groups excluding carboxylic acids is 1. The fraction of sp³-hybridized carbons (Fsp3) is 0.474. The highest BCUT2D eigenvalue weighted by Gasteiger charge is 2.18. The number of benzene rings is 1. The van der Waals surface area contributed by atoms with Gasteiger partial charge < -0.3 is 14.5 Å². The smallest absolute Gasteiger partial charge is 0.226 e. The van der Waals surface area contributed by atoms with Crippen molar-refractivity contribution in [2.45, 2.75) is 38.5 Å². The molecule has 24 heavy (non-hydrogen) atoms. The molecule has 1 amide bonds. The molecular weight excluding hydrogens is 304 g/mol. The van der Waals surface area contributed by atoms with E-state index in [1.807, 2.05) is 24.3 Å². The van der Waals surface area contributed by atoms with Gasteiger partial charge in [-0.05, 0) is 43.0 Å². The maximum absolute atomic E-state index is 11.9. The number of methoxy groups -OCH3 is 1. The molecule has 0 aliphatic heterocycles. The number of rotatable bonds is 7. The van der Waals surface area contributed by atoms with Gasteiger partial charge in [0.1, 0.15) is 12.0 Å². The van der Waals surface area contributed by atoms with Crippen LogP contribution >= 0.6 is 0 Å². The minimum atomic E-state index is 0.153. The van der Waals surface area contributed by atoms with Crippen LogP contribution in [0.3, 0.4) is 0 Å². The van der Waals surface area contributed by atoms with Gasteiger partial charge >= 0.3 is 0 Å². The van der Waals surface area contributed by atoms with Gasteiger partial charge in [-0.1, -0.05) is 12.8 Å². The Bertz CT molecular complexity index is 658. The maximum Gasteiger partial charge on any atom is 0.226 e. The van der Waals surface area contributed by atoms with E-state index in [4.69, 9.17) is 9.15 Å². The van der Waals surface area contributed by atoms with Crippen molar-refractivity contribution in [1.29, 1.82) is 0 Å². The molecule has 1 aromatic heterocycles. The Morgan fingerprint density at radius 2 is 2.04 bits per heavy atom. The molecule has 1 N–H and O–H groups in total. The quantitative estimate of drug-likeness (QED) is 0.843. The minimum absolute atomic E-state index is 0.153. The van der Waals surface area contributed by atoms with E-state index in [1.54, 1.807) is 13.4 Å². The summed E-state index contributed by atoms with van der Waals surface area (Å²) in [5.41, 5.74) is 1.76. The zero-order valence-corrected chi connectivity index (χ0v) is 14.1. The summed E-state index contributed by atoms with van der Waals surface area (Å²) >= 11 is 0. The second kappa shape index (κ2) is 7.99. The molecule has 3 rings (SSSR count). The first-order valence-electron chi connectivity index (χ1n) is 8.60. The number of carbonyl (C=O) groups is 1. The lowest BCUT2D eigenvalue weighted by molar-refractivity contribution is -0.121. The van der Waals surface area contributed by atoms with Crippen LogP contribution in [0.1, 0.15) is 37.8 Å². The van der Waals surface area contributed by atoms with Gasteiger partial charge in [-0.2, -0.15) is 0 Å². The number of ether oxygens (including phenoxy) is 1. The molecule has 1 aliphatic rings. The summed E-state index contributed by atoms with van der Waals surface area (Å²) in [5.74, 6) is 2.12. The number of nitrogens with one attached hydrogen (secondary N) is 1. The van der Waals surface area contributed by atoms with E-state index in [-0.39, 0.29) is 5.91 Å². The molecule has 1 aliphatic carbocycles. The molecule has 1 heterocycles. The van der Waals surface area contributed by atoms with E-state index < -0.39 is 0 Å². The zero-order chi connectivity index (χ0) is 16.8. The Morgan fingerprint density at radius 1 is 1.29 bits per heavy atom. The van der Waals surface area contributed by atoms with E-state index >= 15 is 0 Å². The summed E-state index contributed by atoms with van der Waals surface area (Å²) in [7, 11) is 1.64. The highest BCUT2D eigenvalue weighted by atomic mass is 16.5. The topological polar surface area (TPSA) is 64.4 Å². The fourth-order valence-corrected chi connectivity index (χ4v) is 3.17. The van der Waals surface area contributed by atoms with Crippen LogP contribution in [0.5, 0.6) is 5.75 Å². The van der Waals surface area contributed by atoms with Crippen LogP contribution in [0.25, 0.3) is 11.5 Å². The van der Waals surface area contributed by atoms with E-state index in [9.17, 15) is 4.79 Å². The van der Waals surface area contributed by atoms with Crippen molar-refractivity contribution in [1.82, 2.24) is 10.3 Å². The molecule has 1 saturated carbocycles. The Hall–Kier alpha value is -2.30. The van der Waals surface area contributed by atoms with Crippen LogP contribution < -0.4 is 10.1 Å². The van der Waals surface area contributed by atoms with Gasteiger partial charge in [-0.25, -0.2) is 4.98 Å². The Balaban J connectivity index is 1.46. The molecule has 1 fully saturated rings. The summed E-state index contributed by atoms with van der Waals surface area (Å²) in [6.45, 7) is 0.597. The summed E-state index contributed by atoms with van der Waals surface area (Å²) in [6, 6.07) is 7.58. The first-order chi connectivity index (χ1) is 11.7. The highest BCUT2D eigenvalue weighted by Crippen LogP contribution is 2.27. The van der Waals surface area contributed by atoms with Gasteiger partial charge in [-0.15, -0.1) is 0 Å². The predicted octanol–water partition coefficient (Wildman–Crippen LogP) is 3.59. The molecule has 0 radical (unpaired) electrons. The van der Waals surface area contributed by atoms with Crippen molar-refractivity contribution in [2.24, 2.45) is 5.92 Å². The Kier molecular flexibility index (Phi) is 5.51. The lowest BCUT2D eigenvalue weighted by Gasteiger charge is -2.08. The van der Waals surface area contributed by atoms with Crippen molar-refractivity contribution in [3.63, 3.8) is 0 Å². The summed E-state index contributed by atoms with van der Waals surface area (Å²) in [6.07, 6.45) is 7.93. The predicted molar refractivity (Wildman–Crippen MR) is 91.8 cm³/mol. The van der Waals surface area contributed by atoms with Crippen molar-refractivity contribution >= 4 is 5.91 Å². The standard InChI is InChI=1S/C19H24N2O3/c1-23-17-8-6-15(7-9-17)19-21-16(13-24-19)10-11-20-18(22)12-14-4-2-3-5-14/h6-9,13-14H,2-5,10-12H2,1H3,(H,20,22). The Labute approximate surface area is 142 Å². The maximum atomic E-state index is 11.9. The van der Waals surface area contributed by atoms with Gasteiger partial charge in [0.2, 0.25) is 11.8 Å². The number of nitrogens with zero attached hydrogens (tertiary/aromatic N) is 1. The van der Waals surface area contributed by atoms with E-state index in [2.05, 4.69) is 10.3 Å². The second-order valence-electron chi connectivity index (χ2n) is 6.33. The van der Waals surface area contributed by atoms with Crippen molar-refractivity contribution in [3.8, 4) is 17.2 Å². The summed E-state index contributed by atoms with van der Waals surface area (Å²) < 4.78 is 10.7. The average Bonchev–Trinajstić information content (AvgIpc) is 3.27. The largest absolute Gasteiger partial charge is 0.497 e. The molecule has 0 unspecified atom stereocenters. The third-order valence-electron chi connectivity index (χ3n) is 4.54. The summed E-state index contributed by atoms with van der Waals surface area (Å²) in [5, 5.41) is 2.99. The van der Waals surface area contributed by atoms with Crippen LogP contribution in [-0.2, 0) is 11.2 Å². The molecule has 1 aromatic carbocycles. The normalized spacial score (nSPS) is 14.7. The van der Waals surface area contributed by atoms with Gasteiger partial charge in [0.05, 0.1) is 12.8 Å². The van der Waals surface area contributed by atoms with Gasteiger partial charge in [-0.3, -0.25) is 4.79 Å². The van der Waals surface area contributed by atoms with Crippen molar-refractivity contribution in [2.75, 3.05) is 13.7 Å². The molecule has 2 aromatic rings. The third kappa shape index (κ3) is 4.37. The number of aromatic nitrogens is 1. The Morgan fingerprint density at radius 3 is 2.75 bits per heavy atom. The van der Waals surface area contributed by atoms with Crippen molar-refractivity contribution in [3.05, 3.63) is 36.2 Å². The minimum Gasteiger partial charge on any atom is -0.497 e. The monoisotopic (exact) mass is 328 g/mol. The molecule has 0 bridgehead atoms. The number of oxazole rings is 1. The van der Waals surface area contributed by atoms with Crippen LogP contribution in [0.2, 0.25) is 0 Å². The first kappa shape index (κ1) is 16.6. The van der Waals surface area contributed by atoms with Gasteiger partial charge in [0.15, 0.2) is 0 Å². The number of hydrogen-bond acceptors (Lipinski definition) is 4. The van der Waals surface area contributed by atoms with Gasteiger partial charge in [0.25, 0.3) is 0 Å². The molecule has 5 heteroatoms. The molecular formula is C19H24N2O3. The summed E-state index contributed by atoms with van der Waals surface area (Å²) in [4.78, 5) is 16.4. The lowest BCUT2D eigenvalue weighted by atomic mass is 10.0. The second-order valence-corrected chi connectivity index (χ2v) is 6.33. The first-order valence-corrected chi connectivity index (χ1v) is 8.60. The number of hydrogen-bond donors (Lipinski definition) is 1. The van der Waals surface area contributed by atoms with Crippen LogP contribution in [-0.4, -0.2) is 24.5 Å². The third-order valence-corrected chi connectivity index (χ3v) is 4.54. The molecule has 0 saturated heterocycles. The van der Waals surface area contributed by atoms with Crippen LogP contribution in [0.4, 0.5) is 0 Å². The average molecular weight is 328 g/mol. The van der Waals surface area contributed by atoms with Gasteiger partial charge in [0, 0.05) is 24.9 Å². The van der Waals surface area contributed by atoms with Crippen LogP contribution in [0.15, 0.2) is 34.9 Å². The molecule has 128 valence electrons. The molecule has 0 atom stereocenters. The SMILES string of the molecule is COc1ccc(-c2nc(CCNC(=O)CC3CCCC3)co2)cc1. The highest BCUT2D eigenvalue weighted by molar-refractivity contribution is 5.76. The van der Waals surface area contributed by atoms with Crippen LogP contribution in [0, 0.1) is 5.92 Å². The zero-order valence-electron chi connectivity index (χ0n) is 14.1. The molecule has 5 nitrogen and oxygen atoms in total. The fourth-order valence-electron chi connectivity index (χ4n) is 3.17.